The molecule has 8 nitrogen and oxygen atoms in total. The van der Waals surface area contributed by atoms with Gasteiger partial charge in [-0.15, -0.1) is 0 Å². The van der Waals surface area contributed by atoms with Crippen molar-refractivity contribution in [2.75, 3.05) is 50.4 Å². The van der Waals surface area contributed by atoms with Crippen LogP contribution in [-0.4, -0.2) is 63.8 Å². The molecule has 3 heterocycles. The first-order valence-corrected chi connectivity index (χ1v) is 6.97. The number of aromatic nitrogens is 4. The molecule has 0 spiro atoms. The SMILES string of the molecule is Nc1c(NCCN2CCOCC2)ncnc1-n1ccnc1. The lowest BCUT2D eigenvalue weighted by Crippen LogP contribution is -2.39. The molecule has 8 heteroatoms. The molecule has 112 valence electrons. The lowest BCUT2D eigenvalue weighted by Gasteiger charge is -2.26. The van der Waals surface area contributed by atoms with Crippen molar-refractivity contribution >= 4 is 11.5 Å². The summed E-state index contributed by atoms with van der Waals surface area (Å²) in [4.78, 5) is 14.8. The highest BCUT2D eigenvalue weighted by atomic mass is 16.5. The fourth-order valence-electron chi connectivity index (χ4n) is 2.27. The van der Waals surface area contributed by atoms with E-state index in [4.69, 9.17) is 10.5 Å². The maximum absolute atomic E-state index is 6.12. The molecule has 2 aromatic rings. The maximum Gasteiger partial charge on any atom is 0.166 e. The second-order valence-corrected chi connectivity index (χ2v) is 4.81. The van der Waals surface area contributed by atoms with E-state index in [-0.39, 0.29) is 0 Å². The lowest BCUT2D eigenvalue weighted by atomic mass is 10.4. The van der Waals surface area contributed by atoms with Gasteiger partial charge in [-0.2, -0.15) is 0 Å². The third kappa shape index (κ3) is 3.29. The van der Waals surface area contributed by atoms with Crippen molar-refractivity contribution < 1.29 is 4.74 Å². The molecule has 0 unspecified atom stereocenters. The zero-order valence-electron chi connectivity index (χ0n) is 11.8. The van der Waals surface area contributed by atoms with E-state index >= 15 is 0 Å². The Kier molecular flexibility index (Phi) is 4.27. The molecule has 1 aliphatic heterocycles. The Labute approximate surface area is 123 Å². The fourth-order valence-corrected chi connectivity index (χ4v) is 2.27. The van der Waals surface area contributed by atoms with E-state index < -0.39 is 0 Å². The first kappa shape index (κ1) is 13.8. The zero-order valence-corrected chi connectivity index (χ0v) is 11.8. The molecule has 0 saturated carbocycles. The van der Waals surface area contributed by atoms with Crippen LogP contribution in [0.2, 0.25) is 0 Å². The van der Waals surface area contributed by atoms with Crippen LogP contribution in [0, 0.1) is 0 Å². The number of anilines is 2. The Bertz CT molecular complexity index is 566. The van der Waals surface area contributed by atoms with Gasteiger partial charge in [0.1, 0.15) is 18.3 Å². The van der Waals surface area contributed by atoms with Crippen LogP contribution in [0.4, 0.5) is 11.5 Å². The van der Waals surface area contributed by atoms with Crippen LogP contribution in [-0.2, 0) is 4.74 Å². The molecule has 0 aliphatic carbocycles. The van der Waals surface area contributed by atoms with Crippen LogP contribution in [0.15, 0.2) is 25.0 Å². The first-order chi connectivity index (χ1) is 10.3. The average Bonchev–Trinajstić information content (AvgIpc) is 3.04. The number of nitrogens with one attached hydrogen (secondary N) is 1. The average molecular weight is 289 g/mol. The predicted molar refractivity (Wildman–Crippen MR) is 79.3 cm³/mol. The highest BCUT2D eigenvalue weighted by molar-refractivity contribution is 5.69. The molecule has 1 aliphatic rings. The second kappa shape index (κ2) is 6.51. The minimum atomic E-state index is 0.525. The molecule has 0 aromatic carbocycles. The number of rotatable bonds is 5. The van der Waals surface area contributed by atoms with Crippen molar-refractivity contribution in [3.05, 3.63) is 25.0 Å². The van der Waals surface area contributed by atoms with Gasteiger partial charge in [0.05, 0.1) is 13.2 Å². The van der Waals surface area contributed by atoms with Crippen molar-refractivity contribution in [3.8, 4) is 5.82 Å². The van der Waals surface area contributed by atoms with Gasteiger partial charge in [-0.1, -0.05) is 0 Å². The highest BCUT2D eigenvalue weighted by Gasteiger charge is 2.12. The summed E-state index contributed by atoms with van der Waals surface area (Å²) in [6.45, 7) is 5.28. The van der Waals surface area contributed by atoms with Crippen LogP contribution < -0.4 is 11.1 Å². The Hall–Kier alpha value is -2.19. The summed E-state index contributed by atoms with van der Waals surface area (Å²) in [5, 5.41) is 3.27. The van der Waals surface area contributed by atoms with E-state index in [2.05, 4.69) is 25.2 Å². The molecule has 21 heavy (non-hydrogen) atoms. The summed E-state index contributed by atoms with van der Waals surface area (Å²) in [6, 6.07) is 0. The van der Waals surface area contributed by atoms with Gasteiger partial charge >= 0.3 is 0 Å². The Morgan fingerprint density at radius 2 is 2.14 bits per heavy atom. The zero-order chi connectivity index (χ0) is 14.5. The molecule has 3 N–H and O–H groups in total. The third-order valence-corrected chi connectivity index (χ3v) is 3.44. The smallest absolute Gasteiger partial charge is 0.166 e. The van der Waals surface area contributed by atoms with Gasteiger partial charge in [-0.25, -0.2) is 15.0 Å². The minimum Gasteiger partial charge on any atom is -0.393 e. The summed E-state index contributed by atoms with van der Waals surface area (Å²) in [5.74, 6) is 1.29. The summed E-state index contributed by atoms with van der Waals surface area (Å²) in [6.07, 6.45) is 6.66. The third-order valence-electron chi connectivity index (χ3n) is 3.44. The number of morpholine rings is 1. The molecule has 3 rings (SSSR count). The van der Waals surface area contributed by atoms with Gasteiger partial charge in [0.15, 0.2) is 11.6 Å². The number of hydrogen-bond donors (Lipinski definition) is 2. The van der Waals surface area contributed by atoms with E-state index in [1.807, 2.05) is 0 Å². The molecule has 1 saturated heterocycles. The Morgan fingerprint density at radius 3 is 2.90 bits per heavy atom. The standard InChI is InChI=1S/C13H19N7O/c14-11-12(16-2-3-19-5-7-21-8-6-19)17-9-18-13(11)20-4-1-15-10-20/h1,4,9-10H,2-3,5-8,14H2,(H,16,17,18). The van der Waals surface area contributed by atoms with Crippen LogP contribution in [0.5, 0.6) is 0 Å². The number of nitrogens with zero attached hydrogens (tertiary/aromatic N) is 5. The number of nitrogen functional groups attached to an aromatic ring is 1. The van der Waals surface area contributed by atoms with Crippen molar-refractivity contribution in [1.82, 2.24) is 24.4 Å². The van der Waals surface area contributed by atoms with Crippen molar-refractivity contribution in [2.24, 2.45) is 0 Å². The topological polar surface area (TPSA) is 94.1 Å². The quantitative estimate of drug-likeness (QED) is 0.799. The van der Waals surface area contributed by atoms with Gasteiger partial charge in [-0.3, -0.25) is 9.47 Å². The largest absolute Gasteiger partial charge is 0.393 e. The maximum atomic E-state index is 6.12. The summed E-state index contributed by atoms with van der Waals surface area (Å²) >= 11 is 0. The summed E-state index contributed by atoms with van der Waals surface area (Å²) in [5.41, 5.74) is 6.65. The highest BCUT2D eigenvalue weighted by Crippen LogP contribution is 2.20. The van der Waals surface area contributed by atoms with E-state index in [1.165, 1.54) is 6.33 Å². The minimum absolute atomic E-state index is 0.525. The van der Waals surface area contributed by atoms with Gasteiger partial charge in [0.25, 0.3) is 0 Å². The van der Waals surface area contributed by atoms with Crippen LogP contribution in [0.3, 0.4) is 0 Å². The van der Waals surface area contributed by atoms with E-state index in [0.717, 1.165) is 39.4 Å². The monoisotopic (exact) mass is 289 g/mol. The van der Waals surface area contributed by atoms with Gasteiger partial charge in [0, 0.05) is 38.6 Å². The van der Waals surface area contributed by atoms with Gasteiger partial charge in [-0.05, 0) is 0 Å². The summed E-state index contributed by atoms with van der Waals surface area (Å²) in [7, 11) is 0. The van der Waals surface area contributed by atoms with Crippen molar-refractivity contribution in [1.29, 1.82) is 0 Å². The second-order valence-electron chi connectivity index (χ2n) is 4.81. The normalized spacial score (nSPS) is 16.0. The molecular formula is C13H19N7O. The van der Waals surface area contributed by atoms with E-state index in [0.29, 0.717) is 17.3 Å². The first-order valence-electron chi connectivity index (χ1n) is 6.97. The van der Waals surface area contributed by atoms with E-state index in [9.17, 15) is 0 Å². The van der Waals surface area contributed by atoms with Crippen molar-refractivity contribution in [2.45, 2.75) is 0 Å². The fraction of sp³-hybridized carbons (Fsp3) is 0.462. The number of imidazole rings is 1. The molecule has 1 fully saturated rings. The lowest BCUT2D eigenvalue weighted by molar-refractivity contribution is 0.0398. The number of nitrogens with two attached hydrogens (primary N) is 1. The summed E-state index contributed by atoms with van der Waals surface area (Å²) < 4.78 is 7.10. The van der Waals surface area contributed by atoms with Crippen LogP contribution in [0.25, 0.3) is 5.82 Å². The number of hydrogen-bond acceptors (Lipinski definition) is 7. The van der Waals surface area contributed by atoms with E-state index in [1.54, 1.807) is 23.3 Å². The number of ether oxygens (including phenoxy) is 1. The molecule has 0 bridgehead atoms. The molecule has 0 radical (unpaired) electrons. The predicted octanol–water partition coefficient (Wildman–Crippen LogP) is -0.0114. The van der Waals surface area contributed by atoms with Gasteiger partial charge < -0.3 is 15.8 Å². The van der Waals surface area contributed by atoms with Crippen LogP contribution in [0.1, 0.15) is 0 Å². The Morgan fingerprint density at radius 1 is 1.29 bits per heavy atom. The molecule has 2 aromatic heterocycles. The Balaban J connectivity index is 1.61. The van der Waals surface area contributed by atoms with Crippen molar-refractivity contribution in [3.63, 3.8) is 0 Å². The molecular weight excluding hydrogens is 270 g/mol. The van der Waals surface area contributed by atoms with Crippen LogP contribution >= 0.6 is 0 Å². The molecule has 0 amide bonds. The molecule has 0 atom stereocenters. The van der Waals surface area contributed by atoms with Gasteiger partial charge in [0.2, 0.25) is 0 Å².